The number of carbonyl (C=O) groups excluding carboxylic acids is 1. The van der Waals surface area contributed by atoms with Gasteiger partial charge in [0.05, 0.1) is 6.61 Å². The summed E-state index contributed by atoms with van der Waals surface area (Å²) in [6.45, 7) is 0.855. The zero-order valence-corrected chi connectivity index (χ0v) is 11.2. The Balaban J connectivity index is 1.71. The summed E-state index contributed by atoms with van der Waals surface area (Å²) in [5.41, 5.74) is -0.948. The van der Waals surface area contributed by atoms with Crippen molar-refractivity contribution in [1.82, 2.24) is 5.32 Å². The molecule has 1 aromatic rings. The third kappa shape index (κ3) is 4.38. The molecule has 0 saturated carbocycles. The van der Waals surface area contributed by atoms with Gasteiger partial charge in [-0.3, -0.25) is 4.79 Å². The zero-order chi connectivity index (χ0) is 13.7. The molecule has 0 spiro atoms. The molecule has 0 aliphatic carbocycles. The normalized spacial score (nSPS) is 22.2. The second-order valence-electron chi connectivity index (χ2n) is 4.55. The topological polar surface area (TPSA) is 67.8 Å². The lowest BCUT2D eigenvalue weighted by molar-refractivity contribution is -0.124. The molecule has 1 aliphatic rings. The lowest BCUT2D eigenvalue weighted by Crippen LogP contribution is -2.44. The predicted octanol–water partition coefficient (Wildman–Crippen LogP) is 0.986. The number of carbonyl (C=O) groups is 1. The number of halogens is 1. The van der Waals surface area contributed by atoms with Crippen molar-refractivity contribution in [1.29, 1.82) is 0 Å². The summed E-state index contributed by atoms with van der Waals surface area (Å²) in [4.78, 5) is 11.6. The minimum atomic E-state index is -0.948. The van der Waals surface area contributed by atoms with Gasteiger partial charge in [-0.1, -0.05) is 11.6 Å². The first-order valence-corrected chi connectivity index (χ1v) is 6.40. The number of hydrogen-bond donors (Lipinski definition) is 2. The maximum Gasteiger partial charge on any atom is 0.258 e. The van der Waals surface area contributed by atoms with Gasteiger partial charge in [0, 0.05) is 24.6 Å². The van der Waals surface area contributed by atoms with Gasteiger partial charge in [0.2, 0.25) is 0 Å². The van der Waals surface area contributed by atoms with Crippen LogP contribution in [0.4, 0.5) is 0 Å². The summed E-state index contributed by atoms with van der Waals surface area (Å²) < 4.78 is 10.4. The molecule has 6 heteroatoms. The van der Waals surface area contributed by atoms with E-state index in [1.54, 1.807) is 24.3 Å². The number of nitrogens with one attached hydrogen (secondary N) is 1. The van der Waals surface area contributed by atoms with E-state index in [-0.39, 0.29) is 25.7 Å². The molecule has 1 atom stereocenters. The third-order valence-electron chi connectivity index (χ3n) is 2.88. The second kappa shape index (κ2) is 6.23. The summed E-state index contributed by atoms with van der Waals surface area (Å²) in [5, 5.41) is 13.2. The molecule has 0 bridgehead atoms. The summed E-state index contributed by atoms with van der Waals surface area (Å²) in [6, 6.07) is 6.75. The Morgan fingerprint density at radius 3 is 2.84 bits per heavy atom. The maximum atomic E-state index is 11.6. The fourth-order valence-corrected chi connectivity index (χ4v) is 1.86. The third-order valence-corrected chi connectivity index (χ3v) is 3.13. The minimum absolute atomic E-state index is 0.0986. The van der Waals surface area contributed by atoms with Crippen molar-refractivity contribution >= 4 is 17.5 Å². The molecule has 1 fully saturated rings. The molecule has 0 unspecified atom stereocenters. The highest BCUT2D eigenvalue weighted by atomic mass is 35.5. The number of ether oxygens (including phenoxy) is 2. The van der Waals surface area contributed by atoms with Crippen LogP contribution in [0.1, 0.15) is 6.42 Å². The van der Waals surface area contributed by atoms with Crippen LogP contribution in [-0.2, 0) is 9.53 Å². The molecular formula is C13H16ClNO4. The first kappa shape index (κ1) is 14.1. The summed E-state index contributed by atoms with van der Waals surface area (Å²) >= 11 is 5.74. The highest BCUT2D eigenvalue weighted by molar-refractivity contribution is 6.30. The molecule has 2 rings (SSSR count). The largest absolute Gasteiger partial charge is 0.484 e. The quantitative estimate of drug-likeness (QED) is 0.846. The van der Waals surface area contributed by atoms with E-state index in [9.17, 15) is 9.90 Å². The highest BCUT2D eigenvalue weighted by Gasteiger charge is 2.32. The van der Waals surface area contributed by atoms with Gasteiger partial charge in [0.25, 0.3) is 5.91 Å². The molecule has 19 heavy (non-hydrogen) atoms. The van der Waals surface area contributed by atoms with E-state index < -0.39 is 5.60 Å². The summed E-state index contributed by atoms with van der Waals surface area (Å²) in [7, 11) is 0. The Kier molecular flexibility index (Phi) is 4.63. The summed E-state index contributed by atoms with van der Waals surface area (Å²) in [5.74, 6) is 0.290. The van der Waals surface area contributed by atoms with Crippen LogP contribution in [0.2, 0.25) is 5.02 Å². The Labute approximate surface area is 116 Å². The van der Waals surface area contributed by atoms with E-state index in [0.717, 1.165) is 0 Å². The van der Waals surface area contributed by atoms with Crippen LogP contribution in [0.3, 0.4) is 0 Å². The first-order chi connectivity index (χ1) is 9.07. The number of hydrogen-bond acceptors (Lipinski definition) is 4. The summed E-state index contributed by atoms with van der Waals surface area (Å²) in [6.07, 6.45) is 0.533. The fourth-order valence-electron chi connectivity index (χ4n) is 1.73. The van der Waals surface area contributed by atoms with Crippen LogP contribution < -0.4 is 10.1 Å². The average molecular weight is 286 g/mol. The van der Waals surface area contributed by atoms with E-state index in [4.69, 9.17) is 21.1 Å². The standard InChI is InChI=1S/C13H16ClNO4/c14-10-1-3-11(4-2-10)19-7-12(16)15-8-13(17)5-6-18-9-13/h1-4,17H,5-9H2,(H,15,16)/t13-/m1/s1. The van der Waals surface area contributed by atoms with Gasteiger partial charge in [-0.25, -0.2) is 0 Å². The maximum absolute atomic E-state index is 11.6. The van der Waals surface area contributed by atoms with Crippen LogP contribution in [0.15, 0.2) is 24.3 Å². The van der Waals surface area contributed by atoms with Crippen molar-refractivity contribution in [2.75, 3.05) is 26.4 Å². The second-order valence-corrected chi connectivity index (χ2v) is 4.98. The van der Waals surface area contributed by atoms with E-state index in [0.29, 0.717) is 23.8 Å². The SMILES string of the molecule is O=C(COc1ccc(Cl)cc1)NC[C@]1(O)CCOC1. The van der Waals surface area contributed by atoms with Gasteiger partial charge in [0.15, 0.2) is 6.61 Å². The van der Waals surface area contributed by atoms with E-state index >= 15 is 0 Å². The van der Waals surface area contributed by atoms with Gasteiger partial charge in [-0.05, 0) is 24.3 Å². The molecule has 5 nitrogen and oxygen atoms in total. The fraction of sp³-hybridized carbons (Fsp3) is 0.462. The highest BCUT2D eigenvalue weighted by Crippen LogP contribution is 2.17. The number of aliphatic hydroxyl groups is 1. The van der Waals surface area contributed by atoms with Crippen LogP contribution >= 0.6 is 11.6 Å². The van der Waals surface area contributed by atoms with E-state index in [1.165, 1.54) is 0 Å². The molecule has 1 aliphatic heterocycles. The van der Waals surface area contributed by atoms with E-state index in [1.807, 2.05) is 0 Å². The van der Waals surface area contributed by atoms with Crippen molar-refractivity contribution in [3.63, 3.8) is 0 Å². The Morgan fingerprint density at radius 2 is 2.21 bits per heavy atom. The first-order valence-electron chi connectivity index (χ1n) is 6.03. The Morgan fingerprint density at radius 1 is 1.47 bits per heavy atom. The molecule has 104 valence electrons. The molecular weight excluding hydrogens is 270 g/mol. The van der Waals surface area contributed by atoms with Crippen LogP contribution in [-0.4, -0.2) is 43.0 Å². The molecule has 1 saturated heterocycles. The number of amides is 1. The van der Waals surface area contributed by atoms with Gasteiger partial charge in [-0.2, -0.15) is 0 Å². The van der Waals surface area contributed by atoms with E-state index in [2.05, 4.69) is 5.32 Å². The predicted molar refractivity (Wildman–Crippen MR) is 70.3 cm³/mol. The van der Waals surface area contributed by atoms with Crippen LogP contribution in [0.5, 0.6) is 5.75 Å². The Hall–Kier alpha value is -1.30. The number of benzene rings is 1. The van der Waals surface area contributed by atoms with Crippen LogP contribution in [0, 0.1) is 0 Å². The molecule has 1 aromatic carbocycles. The van der Waals surface area contributed by atoms with Crippen molar-refractivity contribution in [3.8, 4) is 5.75 Å². The Bertz CT molecular complexity index is 429. The van der Waals surface area contributed by atoms with Crippen molar-refractivity contribution < 1.29 is 19.4 Å². The molecule has 2 N–H and O–H groups in total. The van der Waals surface area contributed by atoms with Gasteiger partial charge in [-0.15, -0.1) is 0 Å². The van der Waals surface area contributed by atoms with Crippen molar-refractivity contribution in [2.45, 2.75) is 12.0 Å². The smallest absolute Gasteiger partial charge is 0.258 e. The monoisotopic (exact) mass is 285 g/mol. The lowest BCUT2D eigenvalue weighted by atomic mass is 10.0. The van der Waals surface area contributed by atoms with Crippen molar-refractivity contribution in [3.05, 3.63) is 29.3 Å². The zero-order valence-electron chi connectivity index (χ0n) is 10.4. The van der Waals surface area contributed by atoms with Gasteiger partial charge in [0.1, 0.15) is 11.4 Å². The van der Waals surface area contributed by atoms with Crippen molar-refractivity contribution in [2.24, 2.45) is 0 Å². The van der Waals surface area contributed by atoms with Gasteiger partial charge >= 0.3 is 0 Å². The lowest BCUT2D eigenvalue weighted by Gasteiger charge is -2.20. The van der Waals surface area contributed by atoms with Gasteiger partial charge < -0.3 is 19.9 Å². The molecule has 1 heterocycles. The number of rotatable bonds is 5. The minimum Gasteiger partial charge on any atom is -0.484 e. The molecule has 0 radical (unpaired) electrons. The molecule has 0 aromatic heterocycles. The average Bonchev–Trinajstić information content (AvgIpc) is 2.83. The van der Waals surface area contributed by atoms with Crippen LogP contribution in [0.25, 0.3) is 0 Å². The molecule has 1 amide bonds.